The Balaban J connectivity index is -0.0000000225. The summed E-state index contributed by atoms with van der Waals surface area (Å²) in [6.07, 6.45) is 0. The molecule has 0 fully saturated rings. The Kier molecular flexibility index (Phi) is 200. The van der Waals surface area contributed by atoms with Crippen molar-refractivity contribution in [1.82, 2.24) is 0 Å². The molecule has 0 aromatic heterocycles. The first-order valence-corrected chi connectivity index (χ1v) is 4.21. The van der Waals surface area contributed by atoms with E-state index in [4.69, 9.17) is 9.51 Å². The van der Waals surface area contributed by atoms with Crippen LogP contribution < -0.4 is 0 Å². The fraction of sp³-hybridized carbons (Fsp3) is 0. The van der Waals surface area contributed by atoms with Crippen LogP contribution >= 0.6 is 0 Å². The molecule has 0 amide bonds. The van der Waals surface area contributed by atoms with E-state index in [1.807, 2.05) is 0 Å². The molecule has 0 spiro atoms. The third kappa shape index (κ3) is 44.3. The topological polar surface area (TPSA) is 51.2 Å². The molecule has 3 nitrogen and oxygen atoms in total. The van der Waals surface area contributed by atoms with Crippen molar-refractivity contribution in [2.75, 3.05) is 0 Å². The molecule has 0 aliphatic rings. The molecule has 0 bridgehead atoms. The van der Waals surface area contributed by atoms with Crippen molar-refractivity contribution < 1.29 is 58.3 Å². The van der Waals surface area contributed by atoms with Gasteiger partial charge < -0.3 is 0 Å². The molecule has 30 valence electrons. The molecule has 0 aliphatic carbocycles. The second-order valence-corrected chi connectivity index (χ2v) is 0. The molecule has 0 aromatic rings. The molecule has 0 N–H and O–H groups in total. The predicted molar refractivity (Wildman–Crippen MR) is 9.21 cm³/mol. The van der Waals surface area contributed by atoms with E-state index < -0.39 is 0 Å². The molecule has 6 heavy (non-hydrogen) atoms. The second kappa shape index (κ2) is 76.7. The molecular weight excluding hydrogens is 432 g/mol. The summed E-state index contributed by atoms with van der Waals surface area (Å²) in [4.78, 5) is 0. The van der Waals surface area contributed by atoms with Crippen LogP contribution in [0.1, 0.15) is 0 Å². The molecular formula is HAlHf2O3. The van der Waals surface area contributed by atoms with Crippen molar-refractivity contribution in [2.24, 2.45) is 0 Å². The maximum atomic E-state index is 8.39. The average molecular weight is 433 g/mol. The summed E-state index contributed by atoms with van der Waals surface area (Å²) in [5, 5.41) is 0. The maximum absolute atomic E-state index is 8.39. The summed E-state index contributed by atoms with van der Waals surface area (Å²) >= 11 is 0.722. The average Bonchev–Trinajstić information content (AvgIpc) is 1.81. The SMILES string of the molecule is [O]=[AlH].[O]=[Hf].[O]=[Hf]. The van der Waals surface area contributed by atoms with Crippen LogP contribution in [0.5, 0.6) is 0 Å². The monoisotopic (exact) mass is 436 g/mol. The van der Waals surface area contributed by atoms with Crippen LogP contribution in [0.3, 0.4) is 0 Å². The van der Waals surface area contributed by atoms with Gasteiger partial charge in [-0.3, -0.25) is 0 Å². The van der Waals surface area contributed by atoms with Crippen molar-refractivity contribution in [3.63, 3.8) is 0 Å². The Labute approximate surface area is 73.5 Å². The number of hydrogen-bond acceptors (Lipinski definition) is 3. The Morgan fingerprint density at radius 1 is 0.833 bits per heavy atom. The van der Waals surface area contributed by atoms with Crippen LogP contribution in [0.2, 0.25) is 0 Å². The molecule has 0 radical (unpaired) electrons. The van der Waals surface area contributed by atoms with E-state index in [1.54, 1.807) is 0 Å². The van der Waals surface area contributed by atoms with Gasteiger partial charge >= 0.3 is 74.5 Å². The van der Waals surface area contributed by atoms with Crippen LogP contribution in [0.25, 0.3) is 0 Å². The first kappa shape index (κ1) is 15.6. The van der Waals surface area contributed by atoms with Crippen molar-refractivity contribution in [3.8, 4) is 0 Å². The normalized spacial score (nSPS) is 1.50. The van der Waals surface area contributed by atoms with E-state index in [9.17, 15) is 0 Å². The van der Waals surface area contributed by atoms with Crippen LogP contribution in [0.4, 0.5) is 0 Å². The van der Waals surface area contributed by atoms with Gasteiger partial charge in [0.05, 0.1) is 0 Å². The summed E-state index contributed by atoms with van der Waals surface area (Å²) in [5.74, 6) is 0. The first-order valence-electron chi connectivity index (χ1n) is 0.697. The molecule has 0 unspecified atom stereocenters. The van der Waals surface area contributed by atoms with Gasteiger partial charge in [0, 0.05) is 0 Å². The fourth-order valence-corrected chi connectivity index (χ4v) is 0. The zero-order chi connectivity index (χ0) is 6.00. The van der Waals surface area contributed by atoms with Crippen molar-refractivity contribution in [1.29, 1.82) is 0 Å². The van der Waals surface area contributed by atoms with Gasteiger partial charge in [-0.1, -0.05) is 0 Å². The van der Waals surface area contributed by atoms with Gasteiger partial charge in [0.2, 0.25) is 0 Å². The van der Waals surface area contributed by atoms with Gasteiger partial charge in [-0.15, -0.1) is 0 Å². The standard InChI is InChI=1S/Al.2Hf.3O.H. The van der Waals surface area contributed by atoms with Gasteiger partial charge in [-0.2, -0.15) is 0 Å². The molecule has 0 aliphatic heterocycles. The molecule has 0 heterocycles. The molecule has 0 atom stereocenters. The van der Waals surface area contributed by atoms with E-state index in [0.717, 1.165) is 0 Å². The molecule has 6 heteroatoms. The minimum absolute atomic E-state index is 0.0556. The van der Waals surface area contributed by atoms with Crippen LogP contribution in [-0.4, -0.2) is 16.2 Å². The van der Waals surface area contributed by atoms with Crippen LogP contribution in [0.15, 0.2) is 0 Å². The van der Waals surface area contributed by atoms with E-state index in [0.29, 0.717) is 16.2 Å². The van der Waals surface area contributed by atoms with Crippen LogP contribution in [-0.2, 0) is 58.3 Å². The zero-order valence-electron chi connectivity index (χ0n) is 2.93. The number of hydrogen-bond donors (Lipinski definition) is 0. The minimum atomic E-state index is 0.0556. The zero-order valence-corrected chi connectivity index (χ0v) is 11.5. The summed E-state index contributed by atoms with van der Waals surface area (Å²) in [5.41, 5.74) is 0. The van der Waals surface area contributed by atoms with E-state index in [2.05, 4.69) is 0 Å². The third-order valence-electron chi connectivity index (χ3n) is 0. The Bertz CT molecular complexity index is 13.5. The van der Waals surface area contributed by atoms with Crippen LogP contribution in [0, 0.1) is 0 Å². The van der Waals surface area contributed by atoms with Gasteiger partial charge in [0.15, 0.2) is 0 Å². The quantitative estimate of drug-likeness (QED) is 0.461. The Morgan fingerprint density at radius 3 is 0.833 bits per heavy atom. The summed E-state index contributed by atoms with van der Waals surface area (Å²) < 4.78 is 25.1. The van der Waals surface area contributed by atoms with E-state index in [-0.39, 0.29) is 48.8 Å². The molecule has 0 rings (SSSR count). The summed E-state index contributed by atoms with van der Waals surface area (Å²) in [6.45, 7) is 0. The van der Waals surface area contributed by atoms with Crippen molar-refractivity contribution in [2.45, 2.75) is 0 Å². The Hall–Kier alpha value is 1.67. The third-order valence-corrected chi connectivity index (χ3v) is 0. The Morgan fingerprint density at radius 2 is 0.833 bits per heavy atom. The van der Waals surface area contributed by atoms with Gasteiger partial charge in [0.25, 0.3) is 0 Å². The van der Waals surface area contributed by atoms with Gasteiger partial charge in [-0.25, -0.2) is 0 Å². The second-order valence-electron chi connectivity index (χ2n) is 0. The summed E-state index contributed by atoms with van der Waals surface area (Å²) in [7, 11) is 0. The van der Waals surface area contributed by atoms with Crippen molar-refractivity contribution in [3.05, 3.63) is 0 Å². The molecule has 0 saturated heterocycles. The molecule has 0 saturated carbocycles. The van der Waals surface area contributed by atoms with E-state index in [1.165, 1.54) is 0 Å². The summed E-state index contributed by atoms with van der Waals surface area (Å²) in [6, 6.07) is 0. The van der Waals surface area contributed by atoms with E-state index >= 15 is 0 Å². The van der Waals surface area contributed by atoms with Gasteiger partial charge in [0.1, 0.15) is 0 Å². The predicted octanol–water partition coefficient (Wildman–Crippen LogP) is -1.01. The fourth-order valence-electron chi connectivity index (χ4n) is 0. The molecule has 0 aromatic carbocycles. The number of rotatable bonds is 0. The van der Waals surface area contributed by atoms with Crippen molar-refractivity contribution >= 4 is 16.2 Å². The first-order chi connectivity index (χ1) is 3.00. The van der Waals surface area contributed by atoms with Gasteiger partial charge in [-0.05, 0) is 0 Å².